The number of para-hydroxylation sites is 1. The van der Waals surface area contributed by atoms with E-state index in [9.17, 15) is 9.59 Å². The molecule has 2 amide bonds. The van der Waals surface area contributed by atoms with Crippen molar-refractivity contribution >= 4 is 41.0 Å². The van der Waals surface area contributed by atoms with E-state index < -0.39 is 0 Å². The summed E-state index contributed by atoms with van der Waals surface area (Å²) in [5.41, 5.74) is 3.43. The third-order valence-corrected chi connectivity index (χ3v) is 5.18. The highest BCUT2D eigenvalue weighted by molar-refractivity contribution is 8.22. The first-order valence-corrected chi connectivity index (χ1v) is 8.58. The fourth-order valence-corrected chi connectivity index (χ4v) is 3.74. The molecule has 6 heteroatoms. The quantitative estimate of drug-likeness (QED) is 0.473. The van der Waals surface area contributed by atoms with Gasteiger partial charge in [0.2, 0.25) is 0 Å². The molecule has 0 saturated carbocycles. The van der Waals surface area contributed by atoms with Crippen LogP contribution in [0, 0.1) is 0 Å². The molecular weight excluding hydrogens is 316 g/mol. The molecule has 1 saturated heterocycles. The van der Waals surface area contributed by atoms with Crippen molar-refractivity contribution in [3.05, 3.63) is 65.5 Å². The zero-order valence-corrected chi connectivity index (χ0v) is 13.6. The maximum Gasteiger partial charge on any atom is 0.284 e. The summed E-state index contributed by atoms with van der Waals surface area (Å²) in [7, 11) is 0. The van der Waals surface area contributed by atoms with Crippen molar-refractivity contribution in [1.82, 2.24) is 5.43 Å². The fraction of sp³-hybridized carbons (Fsp3) is 0.125. The third kappa shape index (κ3) is 3.64. The average Bonchev–Trinajstić information content (AvgIpc) is 2.84. The fourth-order valence-electron chi connectivity index (χ4n) is 1.81. The lowest BCUT2D eigenvalue weighted by Gasteiger charge is -2.14. The van der Waals surface area contributed by atoms with Gasteiger partial charge in [0.15, 0.2) is 0 Å². The monoisotopic (exact) mass is 332 g/mol. The molecule has 1 N–H and O–H groups in total. The van der Waals surface area contributed by atoms with Crippen molar-refractivity contribution in [3.63, 3.8) is 0 Å². The normalized spacial score (nSPS) is 14.0. The molecule has 1 heterocycles. The highest BCUT2D eigenvalue weighted by Gasteiger charge is 2.37. The number of hydrazine groups is 1. The molecule has 114 valence electrons. The predicted molar refractivity (Wildman–Crippen MR) is 94.4 cm³/mol. The number of hydrogen-bond acceptors (Lipinski definition) is 4. The lowest BCUT2D eigenvalue weighted by atomic mass is 10.2. The summed E-state index contributed by atoms with van der Waals surface area (Å²) in [5.74, 6) is 0.556. The Morgan fingerprint density at radius 2 is 1.68 bits per heavy atom. The molecule has 1 aromatic carbocycles. The van der Waals surface area contributed by atoms with E-state index in [-0.39, 0.29) is 17.4 Å². The number of nitrogens with zero attached hydrogens (tertiary/aromatic N) is 1. The van der Waals surface area contributed by atoms with Crippen LogP contribution in [0.4, 0.5) is 5.69 Å². The summed E-state index contributed by atoms with van der Waals surface area (Å²) in [6, 6.07) is 9.03. The largest absolute Gasteiger partial charge is 0.284 e. The molecule has 0 radical (unpaired) electrons. The van der Waals surface area contributed by atoms with E-state index in [2.05, 4.69) is 18.6 Å². The summed E-state index contributed by atoms with van der Waals surface area (Å²) in [6.45, 7) is 7.34. The first-order chi connectivity index (χ1) is 10.7. The Balaban J connectivity index is 2.33. The van der Waals surface area contributed by atoms with Crippen LogP contribution >= 0.6 is 23.5 Å². The topological polar surface area (TPSA) is 49.4 Å². The average molecular weight is 332 g/mol. The second-order valence-corrected chi connectivity index (χ2v) is 6.60. The van der Waals surface area contributed by atoms with Gasteiger partial charge in [-0.15, -0.1) is 36.7 Å². The Hall–Kier alpha value is -1.92. The molecular formula is C16H16N2O2S2. The Labute approximate surface area is 138 Å². The molecule has 1 aromatic rings. The van der Waals surface area contributed by atoms with Crippen molar-refractivity contribution in [2.75, 3.05) is 16.5 Å². The zero-order valence-electron chi connectivity index (χ0n) is 12.0. The Kier molecular flexibility index (Phi) is 5.91. The van der Waals surface area contributed by atoms with Crippen LogP contribution in [-0.2, 0) is 9.59 Å². The number of amides is 2. The number of thioether (sulfide) groups is 2. The minimum Gasteiger partial charge on any atom is -0.267 e. The van der Waals surface area contributed by atoms with E-state index in [0.717, 1.165) is 0 Å². The van der Waals surface area contributed by atoms with Crippen molar-refractivity contribution in [1.29, 1.82) is 0 Å². The van der Waals surface area contributed by atoms with Crippen molar-refractivity contribution < 1.29 is 9.59 Å². The SMILES string of the molecule is C=CCSC(SCC=C)=C1C(=O)NN(c2ccccc2)C1=O. The Bertz CT molecular complexity index is 612. The van der Waals surface area contributed by atoms with Crippen molar-refractivity contribution in [2.24, 2.45) is 0 Å². The number of nitrogens with one attached hydrogen (secondary N) is 1. The summed E-state index contributed by atoms with van der Waals surface area (Å²) in [4.78, 5) is 24.8. The standard InChI is InChI=1S/C16H16N2O2S2/c1-3-10-21-16(22-11-4-2)13-14(19)17-18(15(13)20)12-8-6-5-7-9-12/h3-9H,1-2,10-11H2,(H,17,19). The van der Waals surface area contributed by atoms with Crippen molar-refractivity contribution in [3.8, 4) is 0 Å². The third-order valence-electron chi connectivity index (χ3n) is 2.74. The van der Waals surface area contributed by atoms with E-state index in [1.54, 1.807) is 24.3 Å². The van der Waals surface area contributed by atoms with Gasteiger partial charge in [0, 0.05) is 11.5 Å². The summed E-state index contributed by atoms with van der Waals surface area (Å²) < 4.78 is 0.695. The summed E-state index contributed by atoms with van der Waals surface area (Å²) in [5, 5.41) is 1.28. The number of benzene rings is 1. The van der Waals surface area contributed by atoms with Crippen LogP contribution in [-0.4, -0.2) is 23.3 Å². The minimum atomic E-state index is -0.378. The van der Waals surface area contributed by atoms with E-state index >= 15 is 0 Å². The molecule has 0 aliphatic carbocycles. The van der Waals surface area contributed by atoms with Crippen LogP contribution in [0.5, 0.6) is 0 Å². The van der Waals surface area contributed by atoms with E-state index in [1.807, 2.05) is 18.2 Å². The van der Waals surface area contributed by atoms with Gasteiger partial charge in [-0.3, -0.25) is 15.0 Å². The van der Waals surface area contributed by atoms with E-state index in [0.29, 0.717) is 21.4 Å². The summed E-state index contributed by atoms with van der Waals surface area (Å²) >= 11 is 2.86. The maximum atomic E-state index is 12.6. The van der Waals surface area contributed by atoms with Crippen LogP contribution in [0.2, 0.25) is 0 Å². The van der Waals surface area contributed by atoms with Gasteiger partial charge >= 0.3 is 0 Å². The van der Waals surface area contributed by atoms with Crippen LogP contribution in [0.15, 0.2) is 65.5 Å². The molecule has 0 unspecified atom stereocenters. The molecule has 22 heavy (non-hydrogen) atoms. The number of rotatable bonds is 7. The molecule has 2 rings (SSSR count). The van der Waals surface area contributed by atoms with Crippen LogP contribution < -0.4 is 10.4 Å². The first-order valence-electron chi connectivity index (χ1n) is 6.61. The summed E-state index contributed by atoms with van der Waals surface area (Å²) in [6.07, 6.45) is 3.48. The number of carbonyl (C=O) groups excluding carboxylic acids is 2. The van der Waals surface area contributed by atoms with Crippen LogP contribution in [0.1, 0.15) is 0 Å². The lowest BCUT2D eigenvalue weighted by Crippen LogP contribution is -2.35. The first kappa shape index (κ1) is 16.5. The molecule has 4 nitrogen and oxygen atoms in total. The van der Waals surface area contributed by atoms with Gasteiger partial charge in [-0.1, -0.05) is 30.4 Å². The molecule has 0 atom stereocenters. The molecule has 1 fully saturated rings. The van der Waals surface area contributed by atoms with Gasteiger partial charge in [0.05, 0.1) is 9.92 Å². The van der Waals surface area contributed by atoms with Gasteiger partial charge in [-0.2, -0.15) is 0 Å². The Morgan fingerprint density at radius 3 is 2.23 bits per heavy atom. The number of carbonyl (C=O) groups is 2. The second kappa shape index (κ2) is 7.91. The minimum absolute atomic E-state index is 0.183. The van der Waals surface area contributed by atoms with Gasteiger partial charge in [-0.05, 0) is 12.1 Å². The molecule has 1 aliphatic heterocycles. The Morgan fingerprint density at radius 1 is 1.09 bits per heavy atom. The zero-order chi connectivity index (χ0) is 15.9. The smallest absolute Gasteiger partial charge is 0.267 e. The highest BCUT2D eigenvalue weighted by atomic mass is 32.2. The molecule has 0 spiro atoms. The van der Waals surface area contributed by atoms with Crippen molar-refractivity contribution in [2.45, 2.75) is 0 Å². The second-order valence-electron chi connectivity index (χ2n) is 4.28. The molecule has 0 bridgehead atoms. The van der Waals surface area contributed by atoms with Gasteiger partial charge in [0.25, 0.3) is 11.8 Å². The molecule has 1 aliphatic rings. The number of hydrogen-bond donors (Lipinski definition) is 1. The van der Waals surface area contributed by atoms with E-state index in [4.69, 9.17) is 0 Å². The predicted octanol–water partition coefficient (Wildman–Crippen LogP) is 3.11. The van der Waals surface area contributed by atoms with Gasteiger partial charge in [-0.25, -0.2) is 5.01 Å². The van der Waals surface area contributed by atoms with Crippen LogP contribution in [0.25, 0.3) is 0 Å². The van der Waals surface area contributed by atoms with E-state index in [1.165, 1.54) is 28.5 Å². The highest BCUT2D eigenvalue weighted by Crippen LogP contribution is 2.35. The van der Waals surface area contributed by atoms with Gasteiger partial charge < -0.3 is 0 Å². The number of anilines is 1. The molecule has 0 aromatic heterocycles. The maximum absolute atomic E-state index is 12.6. The van der Waals surface area contributed by atoms with Gasteiger partial charge in [0.1, 0.15) is 5.57 Å². The van der Waals surface area contributed by atoms with Crippen LogP contribution in [0.3, 0.4) is 0 Å². The lowest BCUT2D eigenvalue weighted by molar-refractivity contribution is -0.117.